The number of hydrogen-bond donors (Lipinski definition) is 0. The van der Waals surface area contributed by atoms with E-state index in [1.165, 1.54) is 16.7 Å². The smallest absolute Gasteiger partial charge is 0.231 e. The molecule has 0 saturated carbocycles. The molecule has 3 aliphatic rings. The summed E-state index contributed by atoms with van der Waals surface area (Å²) in [5, 5.41) is 0. The first-order chi connectivity index (χ1) is 15.3. The molecule has 0 aromatic heterocycles. The Kier molecular flexibility index (Phi) is 6.66. The van der Waals surface area contributed by atoms with Gasteiger partial charge in [0.1, 0.15) is 11.8 Å². The third-order valence-corrected chi connectivity index (χ3v) is 7.46. The maximum absolute atomic E-state index is 13.5. The molecule has 0 radical (unpaired) electrons. The number of likely N-dealkylation sites (N-methyl/N-ethyl adjacent to an activating group) is 1. The van der Waals surface area contributed by atoms with Crippen molar-refractivity contribution in [3.05, 3.63) is 40.5 Å². The van der Waals surface area contributed by atoms with Gasteiger partial charge in [0, 0.05) is 12.3 Å². The number of methoxy groups -OCH3 is 1. The number of ketones is 1. The van der Waals surface area contributed by atoms with Crippen molar-refractivity contribution in [2.75, 3.05) is 34.5 Å². The van der Waals surface area contributed by atoms with Crippen LogP contribution in [0.1, 0.15) is 69.5 Å². The van der Waals surface area contributed by atoms with Gasteiger partial charge in [0.2, 0.25) is 12.5 Å². The molecule has 5 nitrogen and oxygen atoms in total. The van der Waals surface area contributed by atoms with Crippen LogP contribution in [0.2, 0.25) is 0 Å². The van der Waals surface area contributed by atoms with Crippen molar-refractivity contribution < 1.29 is 23.5 Å². The monoisotopic (exact) mass is 440 g/mol. The summed E-state index contributed by atoms with van der Waals surface area (Å²) in [4.78, 5) is 13.5. The zero-order valence-corrected chi connectivity index (χ0v) is 20.3. The van der Waals surface area contributed by atoms with Gasteiger partial charge in [-0.15, -0.1) is 0 Å². The number of rotatable bonds is 7. The predicted molar refractivity (Wildman–Crippen MR) is 126 cm³/mol. The highest BCUT2D eigenvalue weighted by Crippen LogP contribution is 2.51. The molecule has 0 spiro atoms. The normalized spacial score (nSPS) is 23.2. The van der Waals surface area contributed by atoms with E-state index in [1.807, 2.05) is 0 Å². The van der Waals surface area contributed by atoms with Gasteiger partial charge in [-0.1, -0.05) is 23.3 Å². The van der Waals surface area contributed by atoms with Crippen LogP contribution in [0.4, 0.5) is 0 Å². The quantitative estimate of drug-likeness (QED) is 0.413. The van der Waals surface area contributed by atoms with Crippen molar-refractivity contribution in [2.24, 2.45) is 5.92 Å². The number of Topliss-reactive ketones (excluding diaryl/α,β-unsaturated/α-hetero) is 1. The van der Waals surface area contributed by atoms with Crippen LogP contribution in [0.5, 0.6) is 17.2 Å². The molecule has 0 saturated heterocycles. The summed E-state index contributed by atoms with van der Waals surface area (Å²) >= 11 is 0. The molecule has 4 rings (SSSR count). The number of benzene rings is 1. The SMILES string of the molecule is COc1c2c(cc3c1[C@@H](CC(=O)[C@H]1CC=C(CCC=C(C)C)CC1)[N+](C)(C)CC3)OCO2. The molecular weight excluding hydrogens is 402 g/mol. The molecule has 1 aliphatic carbocycles. The molecular formula is C27H38NO4+. The molecule has 1 aromatic carbocycles. The Hall–Kier alpha value is -2.27. The lowest BCUT2D eigenvalue weighted by atomic mass is 9.80. The summed E-state index contributed by atoms with van der Waals surface area (Å²) in [5.74, 6) is 2.72. The first-order valence-electron chi connectivity index (χ1n) is 12.0. The van der Waals surface area contributed by atoms with E-state index in [9.17, 15) is 4.79 Å². The van der Waals surface area contributed by atoms with Crippen molar-refractivity contribution in [1.82, 2.24) is 0 Å². The Morgan fingerprint density at radius 2 is 2.06 bits per heavy atom. The fraction of sp³-hybridized carbons (Fsp3) is 0.593. The summed E-state index contributed by atoms with van der Waals surface area (Å²) in [6.45, 7) is 5.51. The Morgan fingerprint density at radius 3 is 2.75 bits per heavy atom. The van der Waals surface area contributed by atoms with E-state index in [2.05, 4.69) is 46.2 Å². The first-order valence-corrected chi connectivity index (χ1v) is 12.0. The van der Waals surface area contributed by atoms with Crippen LogP contribution in [0.15, 0.2) is 29.4 Å². The minimum atomic E-state index is 0.0683. The zero-order valence-electron chi connectivity index (χ0n) is 20.3. The number of quaternary nitrogens is 1. The number of nitrogens with zero attached hydrogens (tertiary/aromatic N) is 1. The Bertz CT molecular complexity index is 939. The number of carbonyl (C=O) groups is 1. The van der Waals surface area contributed by atoms with E-state index >= 15 is 0 Å². The molecule has 2 heterocycles. The molecule has 2 atom stereocenters. The minimum Gasteiger partial charge on any atom is -0.492 e. The lowest BCUT2D eigenvalue weighted by Crippen LogP contribution is -2.49. The molecule has 174 valence electrons. The lowest BCUT2D eigenvalue weighted by molar-refractivity contribution is -0.922. The fourth-order valence-corrected chi connectivity index (χ4v) is 5.43. The van der Waals surface area contributed by atoms with Gasteiger partial charge in [-0.3, -0.25) is 4.79 Å². The summed E-state index contributed by atoms with van der Waals surface area (Å²) in [5.41, 5.74) is 5.25. The third kappa shape index (κ3) is 4.59. The standard InChI is InChI=1S/C27H38NO4/c1-18(2)7-6-8-19-9-11-20(12-10-19)23(29)16-22-25-21(13-14-28(22,3)4)15-24-26(27(25)30-5)32-17-31-24/h7,9,15,20,22H,6,8,10-14,16-17H2,1-5H3/q+1/t20-,22+/m0/s1. The summed E-state index contributed by atoms with van der Waals surface area (Å²) in [6, 6.07) is 2.16. The Balaban J connectivity index is 1.52. The van der Waals surface area contributed by atoms with E-state index in [4.69, 9.17) is 14.2 Å². The van der Waals surface area contributed by atoms with Crippen LogP contribution in [0, 0.1) is 5.92 Å². The van der Waals surface area contributed by atoms with Crippen molar-refractivity contribution >= 4 is 5.78 Å². The molecule has 0 fully saturated rings. The molecule has 0 amide bonds. The summed E-state index contributed by atoms with van der Waals surface area (Å²) < 4.78 is 18.0. The molecule has 2 aliphatic heterocycles. The van der Waals surface area contributed by atoms with E-state index in [1.54, 1.807) is 7.11 Å². The van der Waals surface area contributed by atoms with E-state index in [-0.39, 0.29) is 18.8 Å². The van der Waals surface area contributed by atoms with Crippen LogP contribution in [-0.4, -0.2) is 44.8 Å². The molecule has 0 bridgehead atoms. The van der Waals surface area contributed by atoms with Crippen LogP contribution < -0.4 is 14.2 Å². The predicted octanol–water partition coefficient (Wildman–Crippen LogP) is 5.53. The number of ether oxygens (including phenoxy) is 3. The van der Waals surface area contributed by atoms with Gasteiger partial charge in [0.15, 0.2) is 11.5 Å². The van der Waals surface area contributed by atoms with Crippen molar-refractivity contribution in [3.8, 4) is 17.2 Å². The fourth-order valence-electron chi connectivity index (χ4n) is 5.43. The maximum atomic E-state index is 13.5. The topological polar surface area (TPSA) is 44.8 Å². The second-order valence-corrected chi connectivity index (χ2v) is 10.3. The number of hydrogen-bond acceptors (Lipinski definition) is 4. The lowest BCUT2D eigenvalue weighted by Gasteiger charge is -2.43. The highest BCUT2D eigenvalue weighted by molar-refractivity contribution is 5.82. The van der Waals surface area contributed by atoms with Gasteiger partial charge in [0.25, 0.3) is 0 Å². The van der Waals surface area contributed by atoms with Crippen LogP contribution in [-0.2, 0) is 11.2 Å². The Morgan fingerprint density at radius 1 is 1.25 bits per heavy atom. The second-order valence-electron chi connectivity index (χ2n) is 10.3. The molecule has 0 N–H and O–H groups in total. The van der Waals surface area contributed by atoms with Crippen LogP contribution >= 0.6 is 0 Å². The van der Waals surface area contributed by atoms with Crippen LogP contribution in [0.3, 0.4) is 0 Å². The molecule has 1 aromatic rings. The molecule has 32 heavy (non-hydrogen) atoms. The van der Waals surface area contributed by atoms with Gasteiger partial charge in [-0.05, 0) is 57.6 Å². The second kappa shape index (κ2) is 9.30. The van der Waals surface area contributed by atoms with Gasteiger partial charge in [0.05, 0.1) is 39.7 Å². The van der Waals surface area contributed by atoms with Crippen molar-refractivity contribution in [2.45, 2.75) is 64.8 Å². The number of carbonyl (C=O) groups excluding carboxylic acids is 1. The zero-order chi connectivity index (χ0) is 22.9. The number of allylic oxidation sites excluding steroid dienone is 4. The van der Waals surface area contributed by atoms with Crippen molar-refractivity contribution in [1.29, 1.82) is 0 Å². The minimum absolute atomic E-state index is 0.0683. The average molecular weight is 441 g/mol. The van der Waals surface area contributed by atoms with E-state index in [0.717, 1.165) is 66.6 Å². The molecule has 0 unspecified atom stereocenters. The highest BCUT2D eigenvalue weighted by atomic mass is 16.7. The highest BCUT2D eigenvalue weighted by Gasteiger charge is 2.43. The third-order valence-electron chi connectivity index (χ3n) is 7.46. The molecule has 5 heteroatoms. The van der Waals surface area contributed by atoms with E-state index in [0.29, 0.717) is 18.0 Å². The van der Waals surface area contributed by atoms with Crippen molar-refractivity contribution in [3.63, 3.8) is 0 Å². The number of fused-ring (bicyclic) bond motifs is 2. The van der Waals surface area contributed by atoms with Gasteiger partial charge in [-0.25, -0.2) is 0 Å². The van der Waals surface area contributed by atoms with Crippen LogP contribution in [0.25, 0.3) is 0 Å². The van der Waals surface area contributed by atoms with Gasteiger partial charge >= 0.3 is 0 Å². The summed E-state index contributed by atoms with van der Waals surface area (Å²) in [7, 11) is 6.15. The largest absolute Gasteiger partial charge is 0.492 e. The van der Waals surface area contributed by atoms with Gasteiger partial charge in [-0.2, -0.15) is 0 Å². The summed E-state index contributed by atoms with van der Waals surface area (Å²) in [6.07, 6.45) is 11.3. The maximum Gasteiger partial charge on any atom is 0.231 e. The van der Waals surface area contributed by atoms with E-state index < -0.39 is 0 Å². The average Bonchev–Trinajstić information content (AvgIpc) is 3.22. The van der Waals surface area contributed by atoms with Gasteiger partial charge < -0.3 is 18.7 Å². The Labute approximate surface area is 192 Å². The first kappa shape index (κ1) is 22.9.